The lowest BCUT2D eigenvalue weighted by molar-refractivity contribution is 0.208. The number of fused-ring (bicyclic) bond motifs is 1. The molecule has 6 aromatic rings. The van der Waals surface area contributed by atoms with Crippen molar-refractivity contribution in [2.24, 2.45) is 20.5 Å². The fraction of sp³-hybridized carbons (Fsp3) is 0.293. The Morgan fingerprint density at radius 3 is 1.81 bits per heavy atom. The van der Waals surface area contributed by atoms with Crippen LogP contribution >= 0.6 is 22.7 Å². The number of aromatic nitrogens is 1. The van der Waals surface area contributed by atoms with E-state index in [0.29, 0.717) is 18.3 Å². The molecule has 0 aliphatic rings. The Kier molecular flexibility index (Phi) is 12.4. The summed E-state index contributed by atoms with van der Waals surface area (Å²) in [5.41, 5.74) is 2.77. The molecule has 6 rings (SSSR count). The molecule has 11 heteroatoms. The van der Waals surface area contributed by atoms with E-state index in [1.54, 1.807) is 0 Å². The summed E-state index contributed by atoms with van der Waals surface area (Å²) in [6.45, 7) is 14.3. The normalized spacial score (nSPS) is 12.3. The number of benzene rings is 4. The number of hydrogen-bond acceptors (Lipinski definition) is 10. The molecule has 2 heterocycles. The zero-order valence-corrected chi connectivity index (χ0v) is 33.2. The highest BCUT2D eigenvalue weighted by atomic mass is 32.1. The van der Waals surface area contributed by atoms with Gasteiger partial charge in [0.25, 0.3) is 8.32 Å². The minimum Gasteiger partial charge on any atom is -0.491 e. The van der Waals surface area contributed by atoms with Crippen molar-refractivity contribution in [2.45, 2.75) is 52.5 Å². The maximum Gasteiger partial charge on any atom is 0.261 e. The first kappa shape index (κ1) is 37.2. The molecule has 0 fully saturated rings. The van der Waals surface area contributed by atoms with Crippen LogP contribution in [0.4, 0.5) is 27.2 Å². The van der Waals surface area contributed by atoms with Crippen LogP contribution in [0.1, 0.15) is 47.5 Å². The number of anilines is 1. The van der Waals surface area contributed by atoms with Crippen LogP contribution in [0.3, 0.4) is 0 Å². The summed E-state index contributed by atoms with van der Waals surface area (Å²) in [4.78, 5) is 7.93. The second-order valence-corrected chi connectivity index (χ2v) is 19.8. The van der Waals surface area contributed by atoms with Gasteiger partial charge in [-0.25, -0.2) is 4.98 Å². The first-order valence-electron chi connectivity index (χ1n) is 17.9. The van der Waals surface area contributed by atoms with Crippen LogP contribution in [0.2, 0.25) is 5.04 Å². The molecule has 8 nitrogen and oxygen atoms in total. The third-order valence-corrected chi connectivity index (χ3v) is 15.7. The van der Waals surface area contributed by atoms with Crippen LogP contribution in [-0.2, 0) is 4.43 Å². The van der Waals surface area contributed by atoms with Gasteiger partial charge in [-0.15, -0.1) is 20.5 Å². The number of rotatable bonds is 16. The third-order valence-electron chi connectivity index (χ3n) is 8.71. The monoisotopic (exact) mass is 746 g/mol. The summed E-state index contributed by atoms with van der Waals surface area (Å²) in [6, 6.07) is 39.2. The maximum atomic E-state index is 6.95. The number of ether oxygens (including phenoxy) is 1. The Labute approximate surface area is 316 Å². The van der Waals surface area contributed by atoms with Crippen molar-refractivity contribution in [1.29, 1.82) is 0 Å². The van der Waals surface area contributed by atoms with Crippen molar-refractivity contribution in [3.8, 4) is 5.75 Å². The topological polar surface area (TPSA) is 84.0 Å². The highest BCUT2D eigenvalue weighted by molar-refractivity contribution is 7.30. The smallest absolute Gasteiger partial charge is 0.261 e. The standard InChI is InChI=1S/C41H46N6O2S2Si/c1-6-26-47(27-7-2)33-22-18-31(19-23-33)44-46-40-42-39-37(50-40)30-38(51-39)45-43-32-20-24-34(25-21-32)48-28-29-49-52(41(3,4)5,35-14-10-8-11-15-35)36-16-12-9-13-17-36/h8-25,30H,6-7,26-29H2,1-5H3. The molecule has 0 N–H and O–H groups in total. The predicted octanol–water partition coefficient (Wildman–Crippen LogP) is 11.8. The van der Waals surface area contributed by atoms with Gasteiger partial charge in [-0.05, 0) is 82.9 Å². The van der Waals surface area contributed by atoms with Crippen molar-refractivity contribution < 1.29 is 9.16 Å². The molecule has 0 radical (unpaired) electrons. The van der Waals surface area contributed by atoms with E-state index in [4.69, 9.17) is 9.16 Å². The van der Waals surface area contributed by atoms with Crippen molar-refractivity contribution in [2.75, 3.05) is 31.2 Å². The molecular formula is C41H46N6O2S2Si. The fourth-order valence-corrected chi connectivity index (χ4v) is 12.8. The molecular weight excluding hydrogens is 701 g/mol. The lowest BCUT2D eigenvalue weighted by Crippen LogP contribution is -2.66. The largest absolute Gasteiger partial charge is 0.491 e. The Balaban J connectivity index is 1.03. The maximum absolute atomic E-state index is 6.95. The van der Waals surface area contributed by atoms with Crippen molar-refractivity contribution >= 4 is 78.1 Å². The number of thiazole rings is 1. The lowest BCUT2D eigenvalue weighted by Gasteiger charge is -2.43. The average molecular weight is 747 g/mol. The fourth-order valence-electron chi connectivity index (χ4n) is 6.38. The Bertz CT molecular complexity index is 1980. The first-order chi connectivity index (χ1) is 25.3. The Morgan fingerprint density at radius 2 is 1.25 bits per heavy atom. The third kappa shape index (κ3) is 8.90. The van der Waals surface area contributed by atoms with E-state index in [9.17, 15) is 0 Å². The zero-order chi connectivity index (χ0) is 36.4. The Hall–Kier alpha value is -4.55. The van der Waals surface area contributed by atoms with Gasteiger partial charge in [0.05, 0.1) is 22.7 Å². The van der Waals surface area contributed by atoms with Crippen LogP contribution in [0.25, 0.3) is 9.53 Å². The molecule has 2 aromatic heterocycles. The number of thiophene rings is 1. The highest BCUT2D eigenvalue weighted by Gasteiger charge is 2.50. The highest BCUT2D eigenvalue weighted by Crippen LogP contribution is 2.40. The van der Waals surface area contributed by atoms with E-state index >= 15 is 0 Å². The van der Waals surface area contributed by atoms with Gasteiger partial charge >= 0.3 is 0 Å². The first-order valence-corrected chi connectivity index (χ1v) is 21.4. The van der Waals surface area contributed by atoms with Crippen molar-refractivity contribution in [1.82, 2.24) is 4.98 Å². The average Bonchev–Trinajstić information content (AvgIpc) is 3.73. The summed E-state index contributed by atoms with van der Waals surface area (Å²) >= 11 is 2.98. The minimum absolute atomic E-state index is 0.0817. The van der Waals surface area contributed by atoms with E-state index in [2.05, 4.69) is 138 Å². The number of azo groups is 2. The van der Waals surface area contributed by atoms with Crippen molar-refractivity contribution in [3.05, 3.63) is 115 Å². The van der Waals surface area contributed by atoms with Crippen molar-refractivity contribution in [3.63, 3.8) is 0 Å². The summed E-state index contributed by atoms with van der Waals surface area (Å²) in [5, 5.41) is 21.6. The number of hydrogen-bond donors (Lipinski definition) is 0. The van der Waals surface area contributed by atoms with Crippen LogP contribution in [0.15, 0.2) is 136 Å². The quantitative estimate of drug-likeness (QED) is 0.0561. The van der Waals surface area contributed by atoms with E-state index in [1.807, 2.05) is 42.5 Å². The summed E-state index contributed by atoms with van der Waals surface area (Å²) in [6.07, 6.45) is 2.24. The molecule has 0 saturated heterocycles. The van der Waals surface area contributed by atoms with Gasteiger partial charge in [-0.1, -0.05) is 118 Å². The lowest BCUT2D eigenvalue weighted by atomic mass is 10.2. The molecule has 52 heavy (non-hydrogen) atoms. The summed E-state index contributed by atoms with van der Waals surface area (Å²) in [7, 11) is -2.60. The second-order valence-electron chi connectivity index (χ2n) is 13.5. The molecule has 0 unspecified atom stereocenters. The summed E-state index contributed by atoms with van der Waals surface area (Å²) in [5.74, 6) is 0.762. The molecule has 0 atom stereocenters. The molecule has 4 aromatic carbocycles. The number of nitrogens with zero attached hydrogens (tertiary/aromatic N) is 6. The van der Waals surface area contributed by atoms with E-state index < -0.39 is 8.32 Å². The summed E-state index contributed by atoms with van der Waals surface area (Å²) < 4.78 is 14.1. The molecule has 0 saturated carbocycles. The van der Waals surface area contributed by atoms with Gasteiger partial charge in [0.2, 0.25) is 5.13 Å². The molecule has 0 aliphatic carbocycles. The van der Waals surface area contributed by atoms with Gasteiger partial charge < -0.3 is 14.1 Å². The SMILES string of the molecule is CCCN(CCC)c1ccc(N=Nc2nc3sc(N=Nc4ccc(OCCO[Si](c5ccccc5)(c5ccccc5)C(C)(C)C)cc4)cc3s2)cc1. The van der Waals surface area contributed by atoms with E-state index in [0.717, 1.165) is 57.6 Å². The van der Waals surface area contributed by atoms with E-state index in [-0.39, 0.29) is 5.04 Å². The molecule has 0 aliphatic heterocycles. The van der Waals surface area contributed by atoms with Gasteiger partial charge in [-0.3, -0.25) is 0 Å². The van der Waals surface area contributed by atoms with Crippen LogP contribution in [0.5, 0.6) is 5.75 Å². The Morgan fingerprint density at radius 1 is 0.673 bits per heavy atom. The van der Waals surface area contributed by atoms with Crippen LogP contribution in [0, 0.1) is 0 Å². The van der Waals surface area contributed by atoms with Gasteiger partial charge in [0, 0.05) is 18.8 Å². The van der Waals surface area contributed by atoms with Crippen LogP contribution < -0.4 is 20.0 Å². The molecule has 0 spiro atoms. The van der Waals surface area contributed by atoms with Crippen LogP contribution in [-0.4, -0.2) is 39.6 Å². The van der Waals surface area contributed by atoms with Gasteiger partial charge in [0.1, 0.15) is 22.2 Å². The molecule has 0 bridgehead atoms. The predicted molar refractivity (Wildman–Crippen MR) is 221 cm³/mol. The minimum atomic E-state index is -2.60. The molecule has 268 valence electrons. The van der Waals surface area contributed by atoms with E-state index in [1.165, 1.54) is 38.7 Å². The molecule has 0 amide bonds. The zero-order valence-electron chi connectivity index (χ0n) is 30.5. The van der Waals surface area contributed by atoms with Gasteiger partial charge in [0.15, 0.2) is 0 Å². The van der Waals surface area contributed by atoms with Gasteiger partial charge in [-0.2, -0.15) is 0 Å². The second kappa shape index (κ2) is 17.3.